The molecule has 3 heteroatoms. The van der Waals surface area contributed by atoms with Crippen LogP contribution in [0.3, 0.4) is 0 Å². The van der Waals surface area contributed by atoms with Crippen molar-refractivity contribution < 1.29 is 28.7 Å². The summed E-state index contributed by atoms with van der Waals surface area (Å²) in [7, 11) is 0. The van der Waals surface area contributed by atoms with Crippen LogP contribution in [-0.4, -0.2) is 19.8 Å². The molecule has 0 bridgehead atoms. The van der Waals surface area contributed by atoms with Crippen LogP contribution >= 0.6 is 0 Å². The van der Waals surface area contributed by atoms with Gasteiger partial charge in [0.05, 0.1) is 0 Å². The van der Waals surface area contributed by atoms with Crippen LogP contribution in [0.25, 0.3) is 0 Å². The Morgan fingerprint density at radius 2 is 2.00 bits per heavy atom. The molecular formula is C5H11LiO2. The van der Waals surface area contributed by atoms with Crippen LogP contribution in [0, 0.1) is 0 Å². The maximum atomic E-state index is 9.68. The molecule has 0 unspecified atom stereocenters. The second-order valence-electron chi connectivity index (χ2n) is 1.32. The van der Waals surface area contributed by atoms with Crippen LogP contribution in [0.15, 0.2) is 0 Å². The van der Waals surface area contributed by atoms with Gasteiger partial charge in [0.25, 0.3) is 0 Å². The van der Waals surface area contributed by atoms with E-state index in [1.165, 1.54) is 0 Å². The minimum atomic E-state index is -0.111. The van der Waals surface area contributed by atoms with Crippen molar-refractivity contribution in [2.75, 3.05) is 19.8 Å². The van der Waals surface area contributed by atoms with Crippen LogP contribution in [0.4, 0.5) is 0 Å². The molecule has 0 aromatic rings. The van der Waals surface area contributed by atoms with Gasteiger partial charge in [-0.1, -0.05) is 6.92 Å². The summed E-state index contributed by atoms with van der Waals surface area (Å²) >= 11 is 0. The Labute approximate surface area is 62.4 Å². The molecule has 8 heavy (non-hydrogen) atoms. The molecule has 2 nitrogen and oxygen atoms in total. The molecule has 0 heterocycles. The van der Waals surface area contributed by atoms with Gasteiger partial charge in [0.1, 0.15) is 0 Å². The Hall–Kier alpha value is 0.517. The van der Waals surface area contributed by atoms with Gasteiger partial charge in [-0.15, -0.1) is 6.61 Å². The minimum absolute atomic E-state index is 0. The van der Waals surface area contributed by atoms with Gasteiger partial charge in [0.2, 0.25) is 0 Å². The Kier molecular flexibility index (Phi) is 14.9. The molecule has 0 N–H and O–H groups in total. The molecule has 0 saturated carbocycles. The Balaban J connectivity index is 0. The minimum Gasteiger partial charge on any atom is -0.853 e. The van der Waals surface area contributed by atoms with Crippen molar-refractivity contribution in [3.05, 3.63) is 0 Å². The number of hydrogen-bond donors (Lipinski definition) is 0. The van der Waals surface area contributed by atoms with E-state index in [-0.39, 0.29) is 25.5 Å². The van der Waals surface area contributed by atoms with Gasteiger partial charge in [-0.3, -0.25) is 0 Å². The molecule has 0 aromatic heterocycles. The van der Waals surface area contributed by atoms with Gasteiger partial charge in [-0.05, 0) is 6.42 Å². The molecule has 44 valence electrons. The van der Waals surface area contributed by atoms with Crippen LogP contribution in [0.5, 0.6) is 0 Å². The third kappa shape index (κ3) is 9.72. The Morgan fingerprint density at radius 3 is 2.38 bits per heavy atom. The maximum Gasteiger partial charge on any atom is 1.00 e. The van der Waals surface area contributed by atoms with Crippen molar-refractivity contribution >= 4 is 0 Å². The van der Waals surface area contributed by atoms with Crippen LogP contribution in [-0.2, 0) is 4.74 Å². The van der Waals surface area contributed by atoms with Gasteiger partial charge in [-0.2, -0.15) is 0 Å². The number of rotatable bonds is 4. The second kappa shape index (κ2) is 10.5. The molecule has 0 radical (unpaired) electrons. The predicted molar refractivity (Wildman–Crippen MR) is 26.0 cm³/mol. The van der Waals surface area contributed by atoms with Crippen LogP contribution in [0.2, 0.25) is 0 Å². The fourth-order valence-corrected chi connectivity index (χ4v) is 0.305. The summed E-state index contributed by atoms with van der Waals surface area (Å²) in [5.74, 6) is 0. The fraction of sp³-hybridized carbons (Fsp3) is 1.00. The van der Waals surface area contributed by atoms with Gasteiger partial charge in [-0.25, -0.2) is 0 Å². The van der Waals surface area contributed by atoms with Crippen molar-refractivity contribution in [1.29, 1.82) is 0 Å². The summed E-state index contributed by atoms with van der Waals surface area (Å²) in [6, 6.07) is 0. The molecule has 0 aliphatic carbocycles. The van der Waals surface area contributed by atoms with Crippen molar-refractivity contribution in [2.24, 2.45) is 0 Å². The molecule has 0 amide bonds. The summed E-state index contributed by atoms with van der Waals surface area (Å²) in [4.78, 5) is 0. The second-order valence-corrected chi connectivity index (χ2v) is 1.32. The third-order valence-electron chi connectivity index (χ3n) is 0.576. The zero-order chi connectivity index (χ0) is 5.54. The van der Waals surface area contributed by atoms with Gasteiger partial charge in [0, 0.05) is 13.2 Å². The quantitative estimate of drug-likeness (QED) is 0.281. The first-order chi connectivity index (χ1) is 3.41. The van der Waals surface area contributed by atoms with Gasteiger partial charge in [0.15, 0.2) is 0 Å². The topological polar surface area (TPSA) is 32.3 Å². The largest absolute Gasteiger partial charge is 1.00 e. The summed E-state index contributed by atoms with van der Waals surface area (Å²) in [6.45, 7) is 3.00. The van der Waals surface area contributed by atoms with Crippen molar-refractivity contribution in [3.8, 4) is 0 Å². The third-order valence-corrected chi connectivity index (χ3v) is 0.576. The zero-order valence-corrected chi connectivity index (χ0v) is 5.64. The normalized spacial score (nSPS) is 8.25. The zero-order valence-electron chi connectivity index (χ0n) is 5.64. The molecule has 0 aromatic carbocycles. The smallest absolute Gasteiger partial charge is 0.853 e. The first kappa shape index (κ1) is 11.3. The molecule has 0 aliphatic heterocycles. The van der Waals surface area contributed by atoms with Gasteiger partial charge >= 0.3 is 18.9 Å². The maximum absolute atomic E-state index is 9.68. The average molecular weight is 110 g/mol. The molecule has 0 atom stereocenters. The standard InChI is InChI=1S/C5H11O2.Li/c1-2-4-7-5-3-6;/h2-5H2,1H3;/q-1;+1. The van der Waals surface area contributed by atoms with Crippen molar-refractivity contribution in [3.63, 3.8) is 0 Å². The Bertz CT molecular complexity index is 29.6. The summed E-state index contributed by atoms with van der Waals surface area (Å²) in [6.07, 6.45) is 1.00. The van der Waals surface area contributed by atoms with E-state index in [0.717, 1.165) is 13.0 Å². The van der Waals surface area contributed by atoms with Crippen LogP contribution in [0.1, 0.15) is 13.3 Å². The molecule has 0 spiro atoms. The predicted octanol–water partition coefficient (Wildman–Crippen LogP) is -3.22. The first-order valence-corrected chi connectivity index (χ1v) is 2.57. The number of ether oxygens (including phenoxy) is 1. The van der Waals surface area contributed by atoms with E-state index >= 15 is 0 Å². The average Bonchev–Trinajstić information content (AvgIpc) is 1.69. The molecule has 0 rings (SSSR count). The monoisotopic (exact) mass is 110 g/mol. The van der Waals surface area contributed by atoms with E-state index in [2.05, 4.69) is 0 Å². The van der Waals surface area contributed by atoms with Crippen molar-refractivity contribution in [2.45, 2.75) is 13.3 Å². The number of hydrogen-bond acceptors (Lipinski definition) is 2. The van der Waals surface area contributed by atoms with E-state index < -0.39 is 0 Å². The first-order valence-electron chi connectivity index (χ1n) is 2.57. The Morgan fingerprint density at radius 1 is 1.38 bits per heavy atom. The van der Waals surface area contributed by atoms with Crippen molar-refractivity contribution in [1.82, 2.24) is 0 Å². The van der Waals surface area contributed by atoms with Gasteiger partial charge < -0.3 is 9.84 Å². The molecule has 0 fully saturated rings. The SMILES string of the molecule is CCCOCC[O-].[Li+]. The summed E-state index contributed by atoms with van der Waals surface area (Å²) in [5, 5.41) is 9.68. The van der Waals surface area contributed by atoms with Crippen LogP contribution < -0.4 is 24.0 Å². The summed E-state index contributed by atoms with van der Waals surface area (Å²) in [5.41, 5.74) is 0. The van der Waals surface area contributed by atoms with E-state index in [1.807, 2.05) is 6.92 Å². The summed E-state index contributed by atoms with van der Waals surface area (Å²) < 4.78 is 4.82. The van der Waals surface area contributed by atoms with E-state index in [4.69, 9.17) is 4.74 Å². The van der Waals surface area contributed by atoms with E-state index in [9.17, 15) is 5.11 Å². The van der Waals surface area contributed by atoms with E-state index in [1.54, 1.807) is 0 Å². The fourth-order valence-electron chi connectivity index (χ4n) is 0.305. The molecule has 0 saturated heterocycles. The molecular weight excluding hydrogens is 99.0 g/mol. The molecule has 0 aliphatic rings. The van der Waals surface area contributed by atoms with E-state index in [0.29, 0.717) is 6.61 Å².